The molecular formula is C20H22N2O2. The molecule has 4 heteroatoms. The summed E-state index contributed by atoms with van der Waals surface area (Å²) in [5.74, 6) is -0.132. The summed E-state index contributed by atoms with van der Waals surface area (Å²) < 4.78 is 5.02. The van der Waals surface area contributed by atoms with E-state index in [1.807, 2.05) is 25.1 Å². The zero-order chi connectivity index (χ0) is 16.9. The van der Waals surface area contributed by atoms with E-state index in [2.05, 4.69) is 35.1 Å². The molecule has 0 aliphatic heterocycles. The molecule has 0 atom stereocenters. The van der Waals surface area contributed by atoms with Crippen LogP contribution in [0.4, 0.5) is 0 Å². The first-order valence-corrected chi connectivity index (χ1v) is 8.37. The quantitative estimate of drug-likeness (QED) is 0.683. The Morgan fingerprint density at radius 1 is 1.25 bits per heavy atom. The van der Waals surface area contributed by atoms with Crippen LogP contribution in [0.3, 0.4) is 0 Å². The number of hydrogen-bond donors (Lipinski definition) is 1. The summed E-state index contributed by atoms with van der Waals surface area (Å²) in [6.45, 7) is 4.36. The third-order valence-electron chi connectivity index (χ3n) is 4.10. The van der Waals surface area contributed by atoms with Gasteiger partial charge in [0.25, 0.3) is 0 Å². The van der Waals surface area contributed by atoms with Crippen molar-refractivity contribution in [2.45, 2.75) is 33.1 Å². The third-order valence-corrected chi connectivity index (χ3v) is 4.10. The van der Waals surface area contributed by atoms with Gasteiger partial charge in [0.1, 0.15) is 0 Å². The first kappa shape index (κ1) is 16.2. The van der Waals surface area contributed by atoms with E-state index in [0.29, 0.717) is 13.0 Å². The van der Waals surface area contributed by atoms with Crippen molar-refractivity contribution in [3.63, 3.8) is 0 Å². The van der Waals surface area contributed by atoms with Crippen LogP contribution in [0.25, 0.3) is 22.3 Å². The average molecular weight is 322 g/mol. The van der Waals surface area contributed by atoms with E-state index in [4.69, 9.17) is 4.74 Å². The molecule has 4 nitrogen and oxygen atoms in total. The summed E-state index contributed by atoms with van der Waals surface area (Å²) in [5, 5.41) is 1.21. The monoisotopic (exact) mass is 322 g/mol. The van der Waals surface area contributed by atoms with Gasteiger partial charge in [-0.05, 0) is 56.5 Å². The van der Waals surface area contributed by atoms with Crippen molar-refractivity contribution in [1.82, 2.24) is 9.97 Å². The second-order valence-electron chi connectivity index (χ2n) is 5.90. The molecule has 0 unspecified atom stereocenters. The molecule has 0 amide bonds. The van der Waals surface area contributed by atoms with Crippen LogP contribution in [-0.2, 0) is 16.0 Å². The van der Waals surface area contributed by atoms with Gasteiger partial charge >= 0.3 is 5.97 Å². The molecule has 0 spiro atoms. The Morgan fingerprint density at radius 2 is 2.12 bits per heavy atom. The van der Waals surface area contributed by atoms with E-state index < -0.39 is 0 Å². The van der Waals surface area contributed by atoms with Crippen LogP contribution in [-0.4, -0.2) is 22.5 Å². The SMILES string of the molecule is CCOC(=O)CCCc1c(-c2ccccn2)[nH]c2ccc(C)cc12. The van der Waals surface area contributed by atoms with Gasteiger partial charge in [0.2, 0.25) is 0 Å². The Labute approximate surface area is 141 Å². The minimum Gasteiger partial charge on any atom is -0.466 e. The lowest BCUT2D eigenvalue weighted by molar-refractivity contribution is -0.143. The van der Waals surface area contributed by atoms with Crippen molar-refractivity contribution in [2.24, 2.45) is 0 Å². The lowest BCUT2D eigenvalue weighted by Crippen LogP contribution is -2.04. The smallest absolute Gasteiger partial charge is 0.305 e. The fourth-order valence-corrected chi connectivity index (χ4v) is 2.99. The maximum Gasteiger partial charge on any atom is 0.305 e. The summed E-state index contributed by atoms with van der Waals surface area (Å²) >= 11 is 0. The van der Waals surface area contributed by atoms with Gasteiger partial charge in [-0.2, -0.15) is 0 Å². The van der Waals surface area contributed by atoms with Gasteiger partial charge < -0.3 is 9.72 Å². The Kier molecular flexibility index (Phi) is 4.94. The maximum absolute atomic E-state index is 11.6. The summed E-state index contributed by atoms with van der Waals surface area (Å²) in [5.41, 5.74) is 5.52. The lowest BCUT2D eigenvalue weighted by Gasteiger charge is -2.05. The van der Waals surface area contributed by atoms with Crippen molar-refractivity contribution in [1.29, 1.82) is 0 Å². The number of aryl methyl sites for hydroxylation is 2. The van der Waals surface area contributed by atoms with Crippen LogP contribution < -0.4 is 0 Å². The van der Waals surface area contributed by atoms with Gasteiger partial charge in [-0.25, -0.2) is 0 Å². The number of benzene rings is 1. The predicted octanol–water partition coefficient (Wildman–Crippen LogP) is 4.42. The maximum atomic E-state index is 11.6. The molecule has 0 radical (unpaired) electrons. The Bertz CT molecular complexity index is 837. The van der Waals surface area contributed by atoms with E-state index in [9.17, 15) is 4.79 Å². The zero-order valence-electron chi connectivity index (χ0n) is 14.1. The average Bonchev–Trinajstić information content (AvgIpc) is 2.94. The highest BCUT2D eigenvalue weighted by Crippen LogP contribution is 2.31. The fraction of sp³-hybridized carbons (Fsp3) is 0.300. The van der Waals surface area contributed by atoms with Crippen molar-refractivity contribution in [2.75, 3.05) is 6.61 Å². The predicted molar refractivity (Wildman–Crippen MR) is 95.8 cm³/mol. The number of nitrogens with zero attached hydrogens (tertiary/aromatic N) is 1. The minimum atomic E-state index is -0.132. The largest absolute Gasteiger partial charge is 0.466 e. The molecule has 124 valence electrons. The highest BCUT2D eigenvalue weighted by atomic mass is 16.5. The molecule has 2 heterocycles. The van der Waals surface area contributed by atoms with E-state index in [0.717, 1.165) is 29.7 Å². The van der Waals surface area contributed by atoms with Crippen molar-refractivity contribution in [3.8, 4) is 11.4 Å². The fourth-order valence-electron chi connectivity index (χ4n) is 2.99. The van der Waals surface area contributed by atoms with E-state index in [1.165, 1.54) is 16.5 Å². The first-order valence-electron chi connectivity index (χ1n) is 8.37. The molecule has 1 aromatic carbocycles. The van der Waals surface area contributed by atoms with Gasteiger partial charge in [-0.1, -0.05) is 17.7 Å². The topological polar surface area (TPSA) is 55.0 Å². The molecule has 0 bridgehead atoms. The van der Waals surface area contributed by atoms with Gasteiger partial charge in [-0.15, -0.1) is 0 Å². The van der Waals surface area contributed by atoms with Crippen LogP contribution in [0.1, 0.15) is 30.9 Å². The molecule has 0 aliphatic rings. The second kappa shape index (κ2) is 7.30. The van der Waals surface area contributed by atoms with Crippen LogP contribution in [0, 0.1) is 6.92 Å². The number of carbonyl (C=O) groups excluding carboxylic acids is 1. The molecule has 0 saturated carbocycles. The van der Waals surface area contributed by atoms with Crippen LogP contribution >= 0.6 is 0 Å². The number of esters is 1. The van der Waals surface area contributed by atoms with Crippen molar-refractivity contribution in [3.05, 3.63) is 53.7 Å². The highest BCUT2D eigenvalue weighted by molar-refractivity contribution is 5.90. The third kappa shape index (κ3) is 3.48. The van der Waals surface area contributed by atoms with Gasteiger partial charge in [0.05, 0.1) is 18.0 Å². The highest BCUT2D eigenvalue weighted by Gasteiger charge is 2.14. The molecule has 0 saturated heterocycles. The molecule has 2 aromatic heterocycles. The Morgan fingerprint density at radius 3 is 2.88 bits per heavy atom. The molecule has 0 fully saturated rings. The molecule has 24 heavy (non-hydrogen) atoms. The molecule has 0 aliphatic carbocycles. The van der Waals surface area contributed by atoms with Crippen molar-refractivity contribution >= 4 is 16.9 Å². The summed E-state index contributed by atoms with van der Waals surface area (Å²) in [7, 11) is 0. The second-order valence-corrected chi connectivity index (χ2v) is 5.90. The number of rotatable bonds is 6. The number of H-pyrrole nitrogens is 1. The van der Waals surface area contributed by atoms with Crippen LogP contribution in [0.5, 0.6) is 0 Å². The number of carbonyl (C=O) groups is 1. The normalized spacial score (nSPS) is 10.9. The number of hydrogen-bond acceptors (Lipinski definition) is 3. The van der Waals surface area contributed by atoms with Gasteiger partial charge in [-0.3, -0.25) is 9.78 Å². The zero-order valence-corrected chi connectivity index (χ0v) is 14.1. The molecular weight excluding hydrogens is 300 g/mol. The minimum absolute atomic E-state index is 0.132. The summed E-state index contributed by atoms with van der Waals surface area (Å²) in [6.07, 6.45) is 3.82. The molecule has 3 aromatic rings. The van der Waals surface area contributed by atoms with E-state index in [1.54, 1.807) is 6.20 Å². The first-order chi connectivity index (χ1) is 11.7. The number of pyridine rings is 1. The standard InChI is InChI=1S/C20H22N2O2/c1-3-24-19(23)9-6-7-15-16-13-14(2)10-11-17(16)22-20(15)18-8-4-5-12-21-18/h4-5,8,10-13,22H,3,6-7,9H2,1-2H3. The Hall–Kier alpha value is -2.62. The summed E-state index contributed by atoms with van der Waals surface area (Å²) in [4.78, 5) is 19.6. The molecule has 3 rings (SSSR count). The molecule has 1 N–H and O–H groups in total. The van der Waals surface area contributed by atoms with E-state index in [-0.39, 0.29) is 5.97 Å². The number of ether oxygens (including phenoxy) is 1. The van der Waals surface area contributed by atoms with Crippen LogP contribution in [0.2, 0.25) is 0 Å². The summed E-state index contributed by atoms with van der Waals surface area (Å²) in [6, 6.07) is 12.3. The van der Waals surface area contributed by atoms with Gasteiger partial charge in [0.15, 0.2) is 0 Å². The van der Waals surface area contributed by atoms with Crippen LogP contribution in [0.15, 0.2) is 42.6 Å². The lowest BCUT2D eigenvalue weighted by atomic mass is 10.0. The van der Waals surface area contributed by atoms with E-state index >= 15 is 0 Å². The Balaban J connectivity index is 1.94. The number of aromatic amines is 1. The number of aromatic nitrogens is 2. The number of nitrogens with one attached hydrogen (secondary N) is 1. The number of fused-ring (bicyclic) bond motifs is 1. The van der Waals surface area contributed by atoms with Crippen molar-refractivity contribution < 1.29 is 9.53 Å². The van der Waals surface area contributed by atoms with Gasteiger partial charge in [0, 0.05) is 23.5 Å².